The van der Waals surface area contributed by atoms with Crippen molar-refractivity contribution in [3.05, 3.63) is 78.1 Å². The predicted molar refractivity (Wildman–Crippen MR) is 95.4 cm³/mol. The summed E-state index contributed by atoms with van der Waals surface area (Å²) in [5, 5.41) is 9.41. The van der Waals surface area contributed by atoms with Gasteiger partial charge in [0.2, 0.25) is 0 Å². The fourth-order valence-electron chi connectivity index (χ4n) is 2.36. The van der Waals surface area contributed by atoms with Gasteiger partial charge in [0.1, 0.15) is 0 Å². The van der Waals surface area contributed by atoms with Crippen molar-refractivity contribution < 1.29 is 9.59 Å². The van der Waals surface area contributed by atoms with Gasteiger partial charge in [-0.3, -0.25) is 9.48 Å². The Bertz CT molecular complexity index is 873. The third kappa shape index (κ3) is 4.44. The van der Waals surface area contributed by atoms with Gasteiger partial charge < -0.3 is 16.4 Å². The first-order chi connectivity index (χ1) is 12.1. The van der Waals surface area contributed by atoms with Gasteiger partial charge in [-0.1, -0.05) is 18.2 Å². The van der Waals surface area contributed by atoms with E-state index in [9.17, 15) is 9.59 Å². The molecule has 0 spiro atoms. The number of nitrogens with zero attached hydrogens (tertiary/aromatic N) is 2. The highest BCUT2D eigenvalue weighted by Gasteiger charge is 2.07. The lowest BCUT2D eigenvalue weighted by atomic mass is 10.1. The number of benzene rings is 2. The molecule has 3 rings (SSSR count). The second-order valence-corrected chi connectivity index (χ2v) is 5.42. The number of hydrogen-bond donors (Lipinski definition) is 3. The summed E-state index contributed by atoms with van der Waals surface area (Å²) >= 11 is 0. The Morgan fingerprint density at radius 2 is 1.72 bits per heavy atom. The number of urea groups is 1. The average molecular weight is 335 g/mol. The first-order valence-electron chi connectivity index (χ1n) is 7.64. The summed E-state index contributed by atoms with van der Waals surface area (Å²) in [7, 11) is 0. The van der Waals surface area contributed by atoms with Crippen molar-refractivity contribution in [3.8, 4) is 0 Å². The smallest absolute Gasteiger partial charge is 0.316 e. The van der Waals surface area contributed by atoms with E-state index in [4.69, 9.17) is 5.73 Å². The summed E-state index contributed by atoms with van der Waals surface area (Å²) in [6.45, 7) is 0.649. The monoisotopic (exact) mass is 335 g/mol. The van der Waals surface area contributed by atoms with Crippen molar-refractivity contribution in [1.29, 1.82) is 0 Å². The van der Waals surface area contributed by atoms with E-state index in [0.29, 0.717) is 23.5 Å². The van der Waals surface area contributed by atoms with Crippen molar-refractivity contribution >= 4 is 23.3 Å². The van der Waals surface area contributed by atoms with Crippen LogP contribution in [0.2, 0.25) is 0 Å². The normalized spacial score (nSPS) is 10.2. The maximum Gasteiger partial charge on any atom is 0.316 e. The summed E-state index contributed by atoms with van der Waals surface area (Å²) in [4.78, 5) is 23.2. The molecule has 126 valence electrons. The van der Waals surface area contributed by atoms with Crippen molar-refractivity contribution in [2.24, 2.45) is 5.73 Å². The highest BCUT2D eigenvalue weighted by Crippen LogP contribution is 2.16. The molecule has 3 amide bonds. The van der Waals surface area contributed by atoms with E-state index in [1.807, 2.05) is 29.1 Å². The molecule has 0 fully saturated rings. The molecule has 7 nitrogen and oxygen atoms in total. The van der Waals surface area contributed by atoms with Crippen LogP contribution >= 0.6 is 0 Å². The number of carbonyl (C=O) groups excluding carboxylic acids is 2. The van der Waals surface area contributed by atoms with Gasteiger partial charge in [0.15, 0.2) is 0 Å². The van der Waals surface area contributed by atoms with E-state index >= 15 is 0 Å². The van der Waals surface area contributed by atoms with Crippen molar-refractivity contribution in [2.75, 3.05) is 10.6 Å². The van der Waals surface area contributed by atoms with Crippen LogP contribution in [-0.2, 0) is 6.54 Å². The van der Waals surface area contributed by atoms with Crippen LogP contribution in [0.4, 0.5) is 16.2 Å². The minimum atomic E-state index is -0.656. The molecule has 4 N–H and O–H groups in total. The maximum absolute atomic E-state index is 12.3. The Morgan fingerprint density at radius 3 is 2.36 bits per heavy atom. The minimum absolute atomic E-state index is 0.234. The van der Waals surface area contributed by atoms with Crippen molar-refractivity contribution in [3.63, 3.8) is 0 Å². The lowest BCUT2D eigenvalue weighted by Gasteiger charge is -2.08. The number of carbonyl (C=O) groups is 2. The summed E-state index contributed by atoms with van der Waals surface area (Å²) in [6.07, 6.45) is 3.61. The summed E-state index contributed by atoms with van der Waals surface area (Å²) in [5.74, 6) is -0.234. The van der Waals surface area contributed by atoms with Crippen molar-refractivity contribution in [2.45, 2.75) is 6.54 Å². The van der Waals surface area contributed by atoms with Crippen LogP contribution in [0.5, 0.6) is 0 Å². The number of hydrogen-bond acceptors (Lipinski definition) is 3. The molecule has 3 aromatic rings. The number of rotatable bonds is 5. The Balaban J connectivity index is 1.66. The van der Waals surface area contributed by atoms with Crippen LogP contribution in [0.1, 0.15) is 15.9 Å². The van der Waals surface area contributed by atoms with Crippen LogP contribution in [0.15, 0.2) is 67.0 Å². The van der Waals surface area contributed by atoms with E-state index in [1.165, 1.54) is 0 Å². The number of nitrogens with one attached hydrogen (secondary N) is 2. The zero-order valence-electron chi connectivity index (χ0n) is 13.3. The largest absolute Gasteiger partial charge is 0.351 e. The van der Waals surface area contributed by atoms with Gasteiger partial charge in [-0.05, 0) is 42.0 Å². The van der Waals surface area contributed by atoms with Gasteiger partial charge in [-0.25, -0.2) is 4.79 Å². The molecule has 1 heterocycles. The second kappa shape index (κ2) is 7.31. The third-order valence-electron chi connectivity index (χ3n) is 3.51. The molecular formula is C18H17N5O2. The van der Waals surface area contributed by atoms with Crippen LogP contribution in [0, 0.1) is 0 Å². The molecule has 0 saturated heterocycles. The predicted octanol–water partition coefficient (Wildman–Crippen LogP) is 2.67. The summed E-state index contributed by atoms with van der Waals surface area (Å²) < 4.78 is 1.81. The molecule has 0 atom stereocenters. The Kier molecular flexibility index (Phi) is 4.75. The Morgan fingerprint density at radius 1 is 1.00 bits per heavy atom. The zero-order chi connectivity index (χ0) is 17.6. The molecule has 0 saturated carbocycles. The highest BCUT2D eigenvalue weighted by molar-refractivity contribution is 6.04. The van der Waals surface area contributed by atoms with Crippen LogP contribution < -0.4 is 16.4 Å². The number of anilines is 2. The molecular weight excluding hydrogens is 318 g/mol. The highest BCUT2D eigenvalue weighted by atomic mass is 16.2. The van der Waals surface area contributed by atoms with E-state index in [0.717, 1.165) is 5.56 Å². The van der Waals surface area contributed by atoms with Gasteiger partial charge in [0.05, 0.1) is 6.54 Å². The molecule has 0 bridgehead atoms. The topological polar surface area (TPSA) is 102 Å². The molecule has 25 heavy (non-hydrogen) atoms. The number of aromatic nitrogens is 2. The lowest BCUT2D eigenvalue weighted by molar-refractivity contribution is 0.102. The van der Waals surface area contributed by atoms with E-state index in [-0.39, 0.29) is 5.91 Å². The van der Waals surface area contributed by atoms with Gasteiger partial charge in [0.25, 0.3) is 5.91 Å². The number of nitrogens with two attached hydrogens (primary N) is 1. The fourth-order valence-corrected chi connectivity index (χ4v) is 2.36. The summed E-state index contributed by atoms with van der Waals surface area (Å²) in [6, 6.07) is 15.3. The van der Waals surface area contributed by atoms with Gasteiger partial charge >= 0.3 is 6.03 Å². The fraction of sp³-hybridized carbons (Fsp3) is 0.0556. The quantitative estimate of drug-likeness (QED) is 0.668. The van der Waals surface area contributed by atoms with Gasteiger partial charge in [-0.2, -0.15) is 5.10 Å². The molecule has 0 unspecified atom stereocenters. The molecule has 1 aromatic heterocycles. The molecule has 2 aromatic carbocycles. The van der Waals surface area contributed by atoms with E-state index in [1.54, 1.807) is 42.6 Å². The first-order valence-corrected chi connectivity index (χ1v) is 7.64. The molecule has 0 aliphatic heterocycles. The van der Waals surface area contributed by atoms with Gasteiger partial charge in [0, 0.05) is 29.3 Å². The standard InChI is InChI=1S/C18H17N5O2/c19-18(25)22-16-4-1-3-15(11-16)21-17(24)14-7-5-13(6-8-14)12-23-10-2-9-20-23/h1-11H,12H2,(H,21,24)(H3,19,22,25). The van der Waals surface area contributed by atoms with Crippen molar-refractivity contribution in [1.82, 2.24) is 9.78 Å². The number of primary amides is 1. The third-order valence-corrected chi connectivity index (χ3v) is 3.51. The van der Waals surface area contributed by atoms with Crippen LogP contribution in [0.3, 0.4) is 0 Å². The van der Waals surface area contributed by atoms with E-state index in [2.05, 4.69) is 15.7 Å². The van der Waals surface area contributed by atoms with E-state index < -0.39 is 6.03 Å². The lowest BCUT2D eigenvalue weighted by Crippen LogP contribution is -2.19. The second-order valence-electron chi connectivity index (χ2n) is 5.42. The molecule has 0 aliphatic carbocycles. The summed E-state index contributed by atoms with van der Waals surface area (Å²) in [5.41, 5.74) is 7.75. The Hall–Kier alpha value is -3.61. The van der Waals surface area contributed by atoms with Gasteiger partial charge in [-0.15, -0.1) is 0 Å². The first kappa shape index (κ1) is 16.3. The molecule has 0 radical (unpaired) electrons. The zero-order valence-corrected chi connectivity index (χ0v) is 13.3. The average Bonchev–Trinajstić information content (AvgIpc) is 3.08. The number of amides is 3. The SMILES string of the molecule is NC(=O)Nc1cccc(NC(=O)c2ccc(Cn3cccn3)cc2)c1. The molecule has 7 heteroatoms. The van der Waals surface area contributed by atoms with Crippen LogP contribution in [0.25, 0.3) is 0 Å². The Labute approximate surface area is 144 Å². The maximum atomic E-state index is 12.3. The molecule has 0 aliphatic rings. The van der Waals surface area contributed by atoms with Crippen LogP contribution in [-0.4, -0.2) is 21.7 Å². The minimum Gasteiger partial charge on any atom is -0.351 e.